The van der Waals surface area contributed by atoms with E-state index in [4.69, 9.17) is 0 Å². The van der Waals surface area contributed by atoms with Gasteiger partial charge in [0.1, 0.15) is 6.54 Å². The fourth-order valence-corrected chi connectivity index (χ4v) is 3.19. The molecule has 0 radical (unpaired) electrons. The van der Waals surface area contributed by atoms with Crippen molar-refractivity contribution in [1.82, 2.24) is 15.5 Å². The van der Waals surface area contributed by atoms with Crippen molar-refractivity contribution in [2.45, 2.75) is 38.3 Å². The lowest BCUT2D eigenvalue weighted by molar-refractivity contribution is -0.140. The number of nitrogens with zero attached hydrogens (tertiary/aromatic N) is 1. The Labute approximate surface area is 142 Å². The van der Waals surface area contributed by atoms with Crippen LogP contribution in [0.15, 0.2) is 0 Å². The van der Waals surface area contributed by atoms with Crippen LogP contribution < -0.4 is 10.6 Å². The molecule has 0 aromatic rings. The van der Waals surface area contributed by atoms with E-state index in [1.165, 1.54) is 0 Å². The lowest BCUT2D eigenvalue weighted by Gasteiger charge is -2.19. The van der Waals surface area contributed by atoms with Crippen LogP contribution in [0.4, 0.5) is 13.2 Å². The first-order valence-corrected chi connectivity index (χ1v) is 8.14. The highest BCUT2D eigenvalue weighted by atomic mass is 19.4. The van der Waals surface area contributed by atoms with E-state index in [2.05, 4.69) is 5.32 Å². The van der Waals surface area contributed by atoms with Crippen LogP contribution in [0.1, 0.15) is 32.1 Å². The molecule has 0 aromatic heterocycles. The number of hydrogen-bond donors (Lipinski definition) is 2. The van der Waals surface area contributed by atoms with Gasteiger partial charge in [0.2, 0.25) is 23.6 Å². The van der Waals surface area contributed by atoms with E-state index >= 15 is 0 Å². The number of fused-ring (bicyclic) bond motifs is 1. The second kappa shape index (κ2) is 7.83. The van der Waals surface area contributed by atoms with Gasteiger partial charge in [-0.2, -0.15) is 13.2 Å². The minimum atomic E-state index is -4.52. The van der Waals surface area contributed by atoms with Crippen molar-refractivity contribution in [2.75, 3.05) is 19.6 Å². The van der Waals surface area contributed by atoms with Crippen LogP contribution in [-0.2, 0) is 19.2 Å². The lowest BCUT2D eigenvalue weighted by Crippen LogP contribution is -2.42. The molecule has 2 fully saturated rings. The Balaban J connectivity index is 1.72. The highest BCUT2D eigenvalue weighted by molar-refractivity contribution is 6.05. The Morgan fingerprint density at radius 3 is 2.08 bits per heavy atom. The lowest BCUT2D eigenvalue weighted by atomic mass is 9.81. The molecule has 10 heteroatoms. The number of nitrogens with one attached hydrogen (secondary N) is 2. The van der Waals surface area contributed by atoms with Crippen molar-refractivity contribution in [3.63, 3.8) is 0 Å². The highest BCUT2D eigenvalue weighted by Gasteiger charge is 2.47. The first-order chi connectivity index (χ1) is 11.7. The third kappa shape index (κ3) is 5.17. The second-order valence-corrected chi connectivity index (χ2v) is 6.24. The predicted molar refractivity (Wildman–Crippen MR) is 78.9 cm³/mol. The number of alkyl halides is 3. The number of amides is 4. The number of halogens is 3. The third-order valence-corrected chi connectivity index (χ3v) is 4.43. The van der Waals surface area contributed by atoms with Crippen LogP contribution in [-0.4, -0.2) is 54.3 Å². The van der Waals surface area contributed by atoms with E-state index in [1.54, 1.807) is 5.32 Å². The highest BCUT2D eigenvalue weighted by Crippen LogP contribution is 2.37. The summed E-state index contributed by atoms with van der Waals surface area (Å²) in [5.74, 6) is -2.69. The monoisotopic (exact) mass is 363 g/mol. The standard InChI is InChI=1S/C15H20F3N3O4/c16-15(17,18)8-20-12(23)7-19-11(22)5-6-21-13(24)9-3-1-2-4-10(9)14(21)25/h9-10H,1-8H2,(H,19,22)(H,20,23). The molecule has 4 amide bonds. The van der Waals surface area contributed by atoms with E-state index in [9.17, 15) is 32.3 Å². The van der Waals surface area contributed by atoms with Crippen molar-refractivity contribution in [1.29, 1.82) is 0 Å². The number of carbonyl (C=O) groups excluding carboxylic acids is 4. The first kappa shape index (κ1) is 19.2. The van der Waals surface area contributed by atoms with Gasteiger partial charge < -0.3 is 10.6 Å². The van der Waals surface area contributed by atoms with Gasteiger partial charge in [-0.25, -0.2) is 0 Å². The molecule has 2 rings (SSSR count). The molecule has 2 unspecified atom stereocenters. The largest absolute Gasteiger partial charge is 0.405 e. The van der Waals surface area contributed by atoms with Crippen LogP contribution in [0.25, 0.3) is 0 Å². The predicted octanol–water partition coefficient (Wildman–Crippen LogP) is 0.346. The average molecular weight is 363 g/mol. The van der Waals surface area contributed by atoms with Gasteiger partial charge in [0, 0.05) is 13.0 Å². The SMILES string of the molecule is O=C(CCN1C(=O)C2CCCCC2C1=O)NCC(=O)NCC(F)(F)F. The maximum Gasteiger partial charge on any atom is 0.405 e. The summed E-state index contributed by atoms with van der Waals surface area (Å²) in [7, 11) is 0. The Morgan fingerprint density at radius 1 is 1.00 bits per heavy atom. The molecular weight excluding hydrogens is 343 g/mol. The molecule has 140 valence electrons. The molecule has 1 saturated heterocycles. The van der Waals surface area contributed by atoms with Gasteiger partial charge in [0.15, 0.2) is 0 Å². The zero-order chi connectivity index (χ0) is 18.6. The molecule has 0 aromatic carbocycles. The van der Waals surface area contributed by atoms with E-state index in [0.717, 1.165) is 17.7 Å². The molecule has 1 saturated carbocycles. The average Bonchev–Trinajstić information content (AvgIpc) is 2.80. The van der Waals surface area contributed by atoms with E-state index in [-0.39, 0.29) is 36.6 Å². The maximum atomic E-state index is 12.2. The summed E-state index contributed by atoms with van der Waals surface area (Å²) in [5.41, 5.74) is 0. The summed E-state index contributed by atoms with van der Waals surface area (Å²) in [5, 5.41) is 3.79. The summed E-state index contributed by atoms with van der Waals surface area (Å²) in [6.45, 7) is -2.15. The second-order valence-electron chi connectivity index (χ2n) is 6.24. The summed E-state index contributed by atoms with van der Waals surface area (Å²) in [6, 6.07) is 0. The minimum absolute atomic E-state index is 0.0827. The Kier molecular flexibility index (Phi) is 6.02. The van der Waals surface area contributed by atoms with E-state index in [0.29, 0.717) is 12.8 Å². The van der Waals surface area contributed by atoms with Crippen LogP contribution in [0, 0.1) is 11.8 Å². The molecule has 0 bridgehead atoms. The maximum absolute atomic E-state index is 12.2. The normalized spacial score (nSPS) is 23.4. The van der Waals surface area contributed by atoms with Crippen molar-refractivity contribution >= 4 is 23.6 Å². The van der Waals surface area contributed by atoms with Crippen molar-refractivity contribution < 1.29 is 32.3 Å². The van der Waals surface area contributed by atoms with Gasteiger partial charge >= 0.3 is 6.18 Å². The van der Waals surface area contributed by atoms with Gasteiger partial charge in [-0.1, -0.05) is 12.8 Å². The van der Waals surface area contributed by atoms with Gasteiger partial charge in [-0.05, 0) is 12.8 Å². The summed E-state index contributed by atoms with van der Waals surface area (Å²) < 4.78 is 35.8. The zero-order valence-electron chi connectivity index (χ0n) is 13.5. The van der Waals surface area contributed by atoms with Crippen molar-refractivity contribution in [2.24, 2.45) is 11.8 Å². The topological polar surface area (TPSA) is 95.6 Å². The third-order valence-electron chi connectivity index (χ3n) is 4.43. The molecular formula is C15H20F3N3O4. The molecule has 1 aliphatic carbocycles. The minimum Gasteiger partial charge on any atom is -0.347 e. The number of rotatable bonds is 6. The molecule has 25 heavy (non-hydrogen) atoms. The van der Waals surface area contributed by atoms with Gasteiger partial charge in [-0.15, -0.1) is 0 Å². The molecule has 2 N–H and O–H groups in total. The molecule has 2 aliphatic rings. The van der Waals surface area contributed by atoms with Gasteiger partial charge in [0.05, 0.1) is 18.4 Å². The van der Waals surface area contributed by atoms with Gasteiger partial charge in [0.25, 0.3) is 0 Å². The molecule has 1 aliphatic heterocycles. The summed E-state index contributed by atoms with van der Waals surface area (Å²) in [6.07, 6.45) is -1.55. The number of hydrogen-bond acceptors (Lipinski definition) is 4. The van der Waals surface area contributed by atoms with Crippen LogP contribution in [0.3, 0.4) is 0 Å². The molecule has 1 heterocycles. The van der Waals surface area contributed by atoms with E-state index < -0.39 is 31.1 Å². The molecule has 0 spiro atoms. The summed E-state index contributed by atoms with van der Waals surface area (Å²) >= 11 is 0. The molecule has 2 atom stereocenters. The molecule has 7 nitrogen and oxygen atoms in total. The Morgan fingerprint density at radius 2 is 1.56 bits per heavy atom. The number of imide groups is 1. The quantitative estimate of drug-likeness (QED) is 0.666. The number of carbonyl (C=O) groups is 4. The Bertz CT molecular complexity index is 541. The smallest absolute Gasteiger partial charge is 0.347 e. The van der Waals surface area contributed by atoms with Crippen LogP contribution >= 0.6 is 0 Å². The fraction of sp³-hybridized carbons (Fsp3) is 0.733. The first-order valence-electron chi connectivity index (χ1n) is 8.14. The fourth-order valence-electron chi connectivity index (χ4n) is 3.19. The van der Waals surface area contributed by atoms with Crippen LogP contribution in [0.5, 0.6) is 0 Å². The zero-order valence-corrected chi connectivity index (χ0v) is 13.5. The number of likely N-dealkylation sites (tertiary alicyclic amines) is 1. The van der Waals surface area contributed by atoms with Crippen molar-refractivity contribution in [3.8, 4) is 0 Å². The van der Waals surface area contributed by atoms with Crippen molar-refractivity contribution in [3.05, 3.63) is 0 Å². The van der Waals surface area contributed by atoms with E-state index in [1.807, 2.05) is 0 Å². The Hall–Kier alpha value is -2.13. The van der Waals surface area contributed by atoms with Gasteiger partial charge in [-0.3, -0.25) is 24.1 Å². The summed E-state index contributed by atoms with van der Waals surface area (Å²) in [4.78, 5) is 48.4. The van der Waals surface area contributed by atoms with Crippen LogP contribution in [0.2, 0.25) is 0 Å².